The fraction of sp³-hybridized carbons (Fsp3) is 0.500. The van der Waals surface area contributed by atoms with E-state index in [1.54, 1.807) is 12.5 Å². The minimum absolute atomic E-state index is 0.000477. The largest absolute Gasteiger partial charge is 0.372 e. The van der Waals surface area contributed by atoms with Crippen molar-refractivity contribution < 1.29 is 9.53 Å². The van der Waals surface area contributed by atoms with Crippen molar-refractivity contribution in [3.63, 3.8) is 0 Å². The van der Waals surface area contributed by atoms with Gasteiger partial charge in [0.1, 0.15) is 6.11 Å². The van der Waals surface area contributed by atoms with Gasteiger partial charge in [-0.25, -0.2) is 0 Å². The highest BCUT2D eigenvalue weighted by Crippen LogP contribution is 2.99. The molecule has 2 saturated carbocycles. The molecule has 0 saturated heterocycles. The van der Waals surface area contributed by atoms with Crippen LogP contribution in [0.2, 0.25) is 0 Å². The molecule has 0 bridgehead atoms. The molecule has 272 valence electrons. The van der Waals surface area contributed by atoms with Crippen LogP contribution < -0.4 is 0 Å². The molecule has 2 heteroatoms. The zero-order valence-corrected chi connectivity index (χ0v) is 32.1. The molecule has 18 rings (SSSR count). The first-order valence-electron chi connectivity index (χ1n) is 23.0. The molecule has 4 aromatic carbocycles. The van der Waals surface area contributed by atoms with Crippen LogP contribution in [0.5, 0.6) is 0 Å². The molecule has 4 aromatic rings. The second-order valence-corrected chi connectivity index (χ2v) is 21.6. The summed E-state index contributed by atoms with van der Waals surface area (Å²) in [6.45, 7) is 1.76. The Morgan fingerprint density at radius 2 is 1.21 bits per heavy atom. The van der Waals surface area contributed by atoms with E-state index in [1.807, 2.05) is 88.7 Å². The number of hydrogen-bond donors (Lipinski definition) is 0. The molecule has 0 amide bonds. The molecule has 56 heavy (non-hydrogen) atoms. The predicted molar refractivity (Wildman–Crippen MR) is 215 cm³/mol. The van der Waals surface area contributed by atoms with Gasteiger partial charge in [0.05, 0.1) is 0 Å². The van der Waals surface area contributed by atoms with E-state index in [1.165, 1.54) is 51.4 Å². The molecule has 0 radical (unpaired) electrons. The number of esters is 1. The van der Waals surface area contributed by atoms with E-state index >= 15 is 0 Å². The van der Waals surface area contributed by atoms with Crippen LogP contribution >= 0.6 is 0 Å². The van der Waals surface area contributed by atoms with Gasteiger partial charge in [0.25, 0.3) is 0 Å². The van der Waals surface area contributed by atoms with Crippen molar-refractivity contribution in [2.75, 3.05) is 0 Å². The first-order chi connectivity index (χ1) is 27.7. The topological polar surface area (TPSA) is 26.3 Å². The van der Waals surface area contributed by atoms with Crippen molar-refractivity contribution in [1.82, 2.24) is 0 Å². The summed E-state index contributed by atoms with van der Waals surface area (Å²) in [5, 5.41) is 3.65. The number of carbonyl (C=O) groups is 1. The molecule has 0 N–H and O–H groups in total. The Labute approximate surface area is 327 Å². The highest BCUT2D eigenvalue weighted by molar-refractivity contribution is 6.26. The van der Waals surface area contributed by atoms with E-state index < -0.39 is 0 Å². The number of allylic oxidation sites excluding steroid dienone is 2. The van der Waals surface area contributed by atoms with E-state index in [9.17, 15) is 4.79 Å². The van der Waals surface area contributed by atoms with Gasteiger partial charge < -0.3 is 4.74 Å². The molecule has 15 unspecified atom stereocenters. The van der Waals surface area contributed by atoms with Gasteiger partial charge in [0.2, 0.25) is 0 Å². The molecular formula is C54H44O2. The van der Waals surface area contributed by atoms with Gasteiger partial charge in [-0.3, -0.25) is 4.79 Å². The lowest BCUT2D eigenvalue weighted by Gasteiger charge is -2.43. The zero-order valence-electron chi connectivity index (χ0n) is 32.1. The maximum Gasteiger partial charge on any atom is 0.319 e. The molecule has 2 spiro atoms. The van der Waals surface area contributed by atoms with E-state index in [2.05, 4.69) is 54.5 Å². The fourth-order valence-corrected chi connectivity index (χ4v) is 21.6. The van der Waals surface area contributed by atoms with Gasteiger partial charge in [0.15, 0.2) is 0 Å². The Morgan fingerprint density at radius 1 is 0.625 bits per heavy atom. The van der Waals surface area contributed by atoms with Crippen LogP contribution in [0.4, 0.5) is 0 Å². The third-order valence-corrected chi connectivity index (χ3v) is 21.5. The smallest absolute Gasteiger partial charge is 0.319 e. The van der Waals surface area contributed by atoms with Gasteiger partial charge in [-0.05, 0) is 229 Å². The number of hydrogen-bond acceptors (Lipinski definition) is 2. The molecule has 14 aliphatic carbocycles. The molecule has 14 aliphatic rings. The molecule has 2 nitrogen and oxygen atoms in total. The molecule has 0 heterocycles. The minimum atomic E-state index is -0.145. The lowest BCUT2D eigenvalue weighted by atomic mass is 9.59. The number of ether oxygens (including phenoxy) is 1. The van der Waals surface area contributed by atoms with Crippen molar-refractivity contribution >= 4 is 16.7 Å². The Balaban J connectivity index is 1.06. The summed E-state index contributed by atoms with van der Waals surface area (Å²) < 4.78 is 5.44. The van der Waals surface area contributed by atoms with Gasteiger partial charge >= 0.3 is 5.97 Å². The molecule has 0 aliphatic heterocycles. The summed E-state index contributed by atoms with van der Waals surface area (Å²) in [4.78, 5) is 13.3. The first-order valence-corrected chi connectivity index (χ1v) is 23.0. The number of fused-ring (bicyclic) bond motifs is 5. The highest BCUT2D eigenvalue weighted by atomic mass is 16.5. The maximum absolute atomic E-state index is 13.3. The molecular weight excluding hydrogens is 681 g/mol. The summed E-state index contributed by atoms with van der Waals surface area (Å²) in [6, 6.07) is 12.1. The summed E-state index contributed by atoms with van der Waals surface area (Å²) >= 11 is 0. The normalized spacial score (nSPS) is 44.9. The Morgan fingerprint density at radius 3 is 1.91 bits per heavy atom. The van der Waals surface area contributed by atoms with E-state index in [4.69, 9.17) is 4.74 Å². The van der Waals surface area contributed by atoms with Crippen molar-refractivity contribution in [2.24, 2.45) is 23.7 Å². The fourth-order valence-electron chi connectivity index (χ4n) is 21.6. The van der Waals surface area contributed by atoms with Crippen LogP contribution in [0, 0.1) is 35.7 Å². The van der Waals surface area contributed by atoms with Crippen molar-refractivity contribution in [2.45, 2.75) is 141 Å². The third kappa shape index (κ3) is 2.16. The Bertz CT molecular complexity index is 2920. The summed E-state index contributed by atoms with van der Waals surface area (Å²) in [5.41, 5.74) is 28.4. The predicted octanol–water partition coefficient (Wildman–Crippen LogP) is 11.6. The quantitative estimate of drug-likeness (QED) is 0.102. The van der Waals surface area contributed by atoms with Crippen LogP contribution in [0.1, 0.15) is 186 Å². The number of benzene rings is 4. The third-order valence-electron chi connectivity index (χ3n) is 21.5. The summed E-state index contributed by atoms with van der Waals surface area (Å²) in [6.07, 6.45) is 21.9. The Hall–Kier alpha value is -4.09. The summed E-state index contributed by atoms with van der Waals surface area (Å²) in [5.74, 6) is 11.2. The maximum atomic E-state index is 13.3. The molecule has 0 aromatic heterocycles. The van der Waals surface area contributed by atoms with Crippen molar-refractivity contribution in [3.8, 4) is 34.3 Å². The monoisotopic (exact) mass is 724 g/mol. The van der Waals surface area contributed by atoms with Gasteiger partial charge in [-0.2, -0.15) is 0 Å². The van der Waals surface area contributed by atoms with Crippen LogP contribution in [0.3, 0.4) is 0 Å². The zero-order chi connectivity index (χ0) is 35.7. The highest BCUT2D eigenvalue weighted by Gasteiger charge is 2.97. The number of rotatable bonds is 5. The second-order valence-electron chi connectivity index (χ2n) is 21.6. The van der Waals surface area contributed by atoms with Crippen molar-refractivity contribution in [3.05, 3.63) is 104 Å². The average Bonchev–Trinajstić information content (AvgIpc) is 3.88. The van der Waals surface area contributed by atoms with E-state index in [-0.39, 0.29) is 22.2 Å². The molecule has 15 atom stereocenters. The first kappa shape index (κ1) is 28.3. The second kappa shape index (κ2) is 8.13. The van der Waals surface area contributed by atoms with E-state index in [0.29, 0.717) is 59.7 Å². The molecule has 2 fully saturated rings. The average molecular weight is 725 g/mol. The lowest BCUT2D eigenvalue weighted by molar-refractivity contribution is -0.137. The van der Waals surface area contributed by atoms with Gasteiger partial charge in [-0.15, -0.1) is 0 Å². The SMILES string of the molecule is CC#COC(=O)CCCC1(c2ccccc2)C23c4c5c6c7c8c4C4CCC8C8C=CC9C%10CCC%11c%12c%10c(c-6c6c-5c5c%10c(c%126)C%11CCC%10C(CCC42)C513)C9C78. The van der Waals surface area contributed by atoms with Gasteiger partial charge in [0, 0.05) is 29.6 Å². The Kier molecular flexibility index (Phi) is 4.11. The van der Waals surface area contributed by atoms with Crippen LogP contribution in [0.25, 0.3) is 33.0 Å². The van der Waals surface area contributed by atoms with Crippen LogP contribution in [-0.2, 0) is 25.8 Å². The lowest BCUT2D eigenvalue weighted by Crippen LogP contribution is -2.39. The number of carbonyl (C=O) groups excluding carboxylic acids is 1. The van der Waals surface area contributed by atoms with Gasteiger partial charge in [-0.1, -0.05) is 48.4 Å². The minimum Gasteiger partial charge on any atom is -0.372 e. The van der Waals surface area contributed by atoms with E-state index in [0.717, 1.165) is 30.6 Å². The van der Waals surface area contributed by atoms with Crippen LogP contribution in [-0.4, -0.2) is 5.97 Å². The van der Waals surface area contributed by atoms with Crippen molar-refractivity contribution in [1.29, 1.82) is 0 Å². The van der Waals surface area contributed by atoms with Crippen LogP contribution in [0.15, 0.2) is 42.5 Å². The summed E-state index contributed by atoms with van der Waals surface area (Å²) in [7, 11) is 0. The standard InChI is InChI=1S/C54H44O2/c1-2-21-56-33(55)9-6-20-52(22-7-4-3-5-8-22)53-31-18-19-32-30-17-15-28-26-13-11-24-23-10-12-25-27-14-16-29(31)40-38(27)43-36(25)34(23)42-35(24)37(26)44-39(28)41(30)51(54(32,52)53)49-47(44)45(42)46(43)48(49)50(40)53/h3-5,7-8,10,12,23-32,34,36H,6,9,11,13-20H2,1H3.